The second kappa shape index (κ2) is 14.6. The molecular weight excluding hydrogens is 666 g/mol. The lowest BCUT2D eigenvalue weighted by Crippen LogP contribution is -2.47. The Kier molecular flexibility index (Phi) is 10.5. The Morgan fingerprint density at radius 2 is 1.90 bits per heavy atom. The largest absolute Gasteiger partial charge is 0.463 e. The number of aromatic amines is 1. The molecule has 0 bridgehead atoms. The summed E-state index contributed by atoms with van der Waals surface area (Å²) in [5.41, 5.74) is 8.10. The molecular formula is C36H37ClF2N8O3. The first-order valence-electron chi connectivity index (χ1n) is 15.6. The lowest BCUT2D eigenvalue weighted by Gasteiger charge is -2.35. The predicted octanol–water partition coefficient (Wildman–Crippen LogP) is 7.15. The molecule has 0 unspecified atom stereocenters. The number of H-pyrrole nitrogens is 1. The Morgan fingerprint density at radius 3 is 2.50 bits per heavy atom. The quantitative estimate of drug-likeness (QED) is 0.111. The number of esters is 1. The SMILES string of the molecule is C=C/C=C(\C=C)CC(=O)OC[C@H](c1ccc(Cl)c(-c2ncn[nH]2)c1)N1C(=O)[C@@](CC(C)(C)C)(c2ccc(-c3cnn(C(F)F)c3)cc2)N=C1N. The van der Waals surface area contributed by atoms with E-state index < -0.39 is 35.4 Å². The molecule has 0 aliphatic carbocycles. The molecule has 11 nitrogen and oxygen atoms in total. The van der Waals surface area contributed by atoms with Crippen molar-refractivity contribution in [3.8, 4) is 22.5 Å². The van der Waals surface area contributed by atoms with Crippen molar-refractivity contribution in [2.45, 2.75) is 51.7 Å². The third-order valence-corrected chi connectivity index (χ3v) is 8.44. The van der Waals surface area contributed by atoms with Crippen molar-refractivity contribution in [2.75, 3.05) is 6.61 Å². The Balaban J connectivity index is 1.56. The van der Waals surface area contributed by atoms with Crippen molar-refractivity contribution in [1.29, 1.82) is 0 Å². The molecule has 0 saturated heterocycles. The molecule has 4 aromatic rings. The smallest absolute Gasteiger partial charge is 0.333 e. The maximum absolute atomic E-state index is 14.9. The maximum Gasteiger partial charge on any atom is 0.333 e. The van der Waals surface area contributed by atoms with Crippen LogP contribution in [-0.2, 0) is 19.9 Å². The van der Waals surface area contributed by atoms with Crippen LogP contribution in [0.2, 0.25) is 5.02 Å². The van der Waals surface area contributed by atoms with E-state index in [9.17, 15) is 18.4 Å². The van der Waals surface area contributed by atoms with Gasteiger partial charge in [-0.1, -0.05) is 94.1 Å². The Bertz CT molecular complexity index is 1950. The number of rotatable bonds is 13. The molecule has 14 heteroatoms. The van der Waals surface area contributed by atoms with Gasteiger partial charge in [0.15, 0.2) is 17.3 Å². The van der Waals surface area contributed by atoms with Gasteiger partial charge in [-0.15, -0.1) is 0 Å². The molecule has 3 heterocycles. The highest BCUT2D eigenvalue weighted by molar-refractivity contribution is 6.33. The first kappa shape index (κ1) is 35.9. The zero-order chi connectivity index (χ0) is 36.2. The fourth-order valence-electron chi connectivity index (χ4n) is 5.93. The molecule has 2 atom stereocenters. The summed E-state index contributed by atoms with van der Waals surface area (Å²) in [5.74, 6) is -0.662. The number of guanidine groups is 1. The number of nitrogens with zero attached hydrogens (tertiary/aromatic N) is 6. The fourth-order valence-corrected chi connectivity index (χ4v) is 6.14. The number of carbonyl (C=O) groups is 2. The van der Waals surface area contributed by atoms with E-state index in [2.05, 4.69) is 33.4 Å². The van der Waals surface area contributed by atoms with Crippen LogP contribution in [0.25, 0.3) is 22.5 Å². The number of hydrogen-bond donors (Lipinski definition) is 2. The highest BCUT2D eigenvalue weighted by Gasteiger charge is 2.53. The average Bonchev–Trinajstić information content (AvgIpc) is 3.83. The van der Waals surface area contributed by atoms with E-state index in [4.69, 9.17) is 27.1 Å². The minimum atomic E-state index is -2.77. The number of ether oxygens (including phenoxy) is 1. The first-order chi connectivity index (χ1) is 23.8. The van der Waals surface area contributed by atoms with E-state index in [1.165, 1.54) is 29.7 Å². The molecule has 50 heavy (non-hydrogen) atoms. The second-order valence-corrected chi connectivity index (χ2v) is 13.3. The number of aromatic nitrogens is 5. The summed E-state index contributed by atoms with van der Waals surface area (Å²) in [4.78, 5) is 38.3. The lowest BCUT2D eigenvalue weighted by atomic mass is 9.75. The van der Waals surface area contributed by atoms with Gasteiger partial charge in [0, 0.05) is 17.3 Å². The van der Waals surface area contributed by atoms with Gasteiger partial charge >= 0.3 is 12.5 Å². The number of amides is 1. The Morgan fingerprint density at radius 1 is 1.16 bits per heavy atom. The molecule has 0 spiro atoms. The molecule has 2 aromatic carbocycles. The zero-order valence-corrected chi connectivity index (χ0v) is 28.6. The Hall–Kier alpha value is -5.43. The van der Waals surface area contributed by atoms with E-state index >= 15 is 0 Å². The van der Waals surface area contributed by atoms with E-state index in [-0.39, 0.29) is 25.4 Å². The molecule has 1 aliphatic rings. The molecule has 0 saturated carbocycles. The van der Waals surface area contributed by atoms with E-state index in [1.807, 2.05) is 20.8 Å². The number of alkyl halides is 2. The molecule has 2 aromatic heterocycles. The summed E-state index contributed by atoms with van der Waals surface area (Å²) < 4.78 is 32.7. The normalized spacial score (nSPS) is 17.2. The van der Waals surface area contributed by atoms with Crippen molar-refractivity contribution in [3.63, 3.8) is 0 Å². The molecule has 1 aliphatic heterocycles. The van der Waals surface area contributed by atoms with Gasteiger partial charge in [0.2, 0.25) is 0 Å². The van der Waals surface area contributed by atoms with Crippen molar-refractivity contribution >= 4 is 29.4 Å². The van der Waals surface area contributed by atoms with Gasteiger partial charge in [-0.05, 0) is 46.2 Å². The van der Waals surface area contributed by atoms with Crippen LogP contribution < -0.4 is 5.73 Å². The standard InChI is InChI=1S/C36H37ClF2N8O3/c1-6-8-22(7-2)15-30(48)50-19-29(24-11-14-28(37)27(16-24)31-41-21-42-45-31)47-32(49)36(44-34(47)40,20-35(3,4)5)26-12-9-23(10-13-26)25-17-43-46(18-25)33(38)39/h6-14,16-18,21,29,33H,1-2,15,19-20H2,3-5H3,(H2,40,44)(H,41,42,45)/b22-8+/t29-,36-/m1/s1. The van der Waals surface area contributed by atoms with Crippen LogP contribution in [0.4, 0.5) is 8.78 Å². The summed E-state index contributed by atoms with van der Waals surface area (Å²) in [6, 6.07) is 11.1. The fraction of sp³-hybridized carbons (Fsp3) is 0.278. The third kappa shape index (κ3) is 7.57. The van der Waals surface area contributed by atoms with Crippen molar-refractivity contribution in [3.05, 3.63) is 114 Å². The highest BCUT2D eigenvalue weighted by atomic mass is 35.5. The number of hydrogen-bond acceptors (Lipinski definition) is 8. The van der Waals surface area contributed by atoms with Gasteiger partial charge in [0.05, 0.1) is 23.7 Å². The minimum Gasteiger partial charge on any atom is -0.463 e. The number of allylic oxidation sites excluding steroid dienone is 3. The van der Waals surface area contributed by atoms with Crippen LogP contribution in [0.15, 0.2) is 103 Å². The third-order valence-electron chi connectivity index (χ3n) is 8.11. The topological polar surface area (TPSA) is 144 Å². The number of halogens is 3. The van der Waals surface area contributed by atoms with Gasteiger partial charge in [-0.3, -0.25) is 19.6 Å². The van der Waals surface area contributed by atoms with Crippen LogP contribution >= 0.6 is 11.6 Å². The van der Waals surface area contributed by atoms with Crippen molar-refractivity contribution < 1.29 is 23.1 Å². The van der Waals surface area contributed by atoms with Gasteiger partial charge in [-0.2, -0.15) is 19.0 Å². The number of carbonyl (C=O) groups excluding carboxylic acids is 2. The lowest BCUT2D eigenvalue weighted by molar-refractivity contribution is -0.147. The van der Waals surface area contributed by atoms with E-state index in [0.717, 1.165) is 0 Å². The van der Waals surface area contributed by atoms with Gasteiger partial charge in [0.25, 0.3) is 5.91 Å². The zero-order valence-electron chi connectivity index (χ0n) is 27.8. The number of benzene rings is 2. The van der Waals surface area contributed by atoms with Crippen LogP contribution in [0.1, 0.15) is 57.3 Å². The molecule has 0 radical (unpaired) electrons. The number of aliphatic imine (C=N–C) groups is 1. The van der Waals surface area contributed by atoms with Crippen LogP contribution in [0.5, 0.6) is 0 Å². The maximum atomic E-state index is 14.9. The summed E-state index contributed by atoms with van der Waals surface area (Å²) in [5, 5.41) is 10.8. The second-order valence-electron chi connectivity index (χ2n) is 12.9. The van der Waals surface area contributed by atoms with Crippen LogP contribution in [-0.4, -0.2) is 54.3 Å². The van der Waals surface area contributed by atoms with E-state index in [0.29, 0.717) is 48.9 Å². The van der Waals surface area contributed by atoms with Crippen molar-refractivity contribution in [1.82, 2.24) is 29.9 Å². The van der Waals surface area contributed by atoms with E-state index in [1.54, 1.807) is 54.6 Å². The van der Waals surface area contributed by atoms with Gasteiger partial charge in [0.1, 0.15) is 12.9 Å². The molecule has 5 rings (SSSR count). The molecule has 3 N–H and O–H groups in total. The van der Waals surface area contributed by atoms with Crippen LogP contribution in [0, 0.1) is 5.41 Å². The summed E-state index contributed by atoms with van der Waals surface area (Å²) in [6.45, 7) is 10.3. The van der Waals surface area contributed by atoms with Gasteiger partial charge in [-0.25, -0.2) is 14.7 Å². The summed E-state index contributed by atoms with van der Waals surface area (Å²) in [6.07, 6.45) is 8.88. The molecule has 260 valence electrons. The summed E-state index contributed by atoms with van der Waals surface area (Å²) in [7, 11) is 0. The van der Waals surface area contributed by atoms with Gasteiger partial charge < -0.3 is 10.5 Å². The molecule has 1 amide bonds. The average molecular weight is 703 g/mol. The molecule has 0 fully saturated rings. The van der Waals surface area contributed by atoms with Crippen molar-refractivity contribution in [2.24, 2.45) is 16.1 Å². The monoisotopic (exact) mass is 702 g/mol. The first-order valence-corrected chi connectivity index (χ1v) is 16.0. The van der Waals surface area contributed by atoms with Crippen LogP contribution in [0.3, 0.4) is 0 Å². The highest BCUT2D eigenvalue weighted by Crippen LogP contribution is 2.45. The predicted molar refractivity (Wildman–Crippen MR) is 187 cm³/mol. The minimum absolute atomic E-state index is 0.0692. The Labute approximate surface area is 293 Å². The number of nitrogens with one attached hydrogen (secondary N) is 1. The number of nitrogens with two attached hydrogens (primary N) is 1. The summed E-state index contributed by atoms with van der Waals surface area (Å²) >= 11 is 6.54.